The molecule has 0 radical (unpaired) electrons. The van der Waals surface area contributed by atoms with Gasteiger partial charge in [0.2, 0.25) is 0 Å². The zero-order valence-corrected chi connectivity index (χ0v) is 13.1. The van der Waals surface area contributed by atoms with E-state index in [1.54, 1.807) is 0 Å². The van der Waals surface area contributed by atoms with Crippen molar-refractivity contribution in [3.05, 3.63) is 42.0 Å². The van der Waals surface area contributed by atoms with Crippen LogP contribution in [0, 0.1) is 5.41 Å². The average molecular weight is 274 g/mol. The monoisotopic (exact) mass is 274 g/mol. The molecular weight excluding hydrogens is 252 g/mol. The third-order valence-corrected chi connectivity index (χ3v) is 6.80. The van der Waals surface area contributed by atoms with Crippen LogP contribution in [0.15, 0.2) is 36.4 Å². The highest BCUT2D eigenvalue weighted by Crippen LogP contribution is 2.64. The molecule has 2 atom stereocenters. The van der Waals surface area contributed by atoms with Crippen molar-refractivity contribution in [2.75, 3.05) is 7.11 Å². The molecule has 0 saturated heterocycles. The van der Waals surface area contributed by atoms with Gasteiger partial charge in [-0.2, -0.15) is 0 Å². The van der Waals surface area contributed by atoms with Crippen molar-refractivity contribution in [1.29, 1.82) is 0 Å². The maximum atomic E-state index is 12.1. The summed E-state index contributed by atoms with van der Waals surface area (Å²) in [7, 11) is 0.158. The summed E-state index contributed by atoms with van der Waals surface area (Å²) in [4.78, 5) is 12.1. The summed E-state index contributed by atoms with van der Waals surface area (Å²) in [6.45, 7) is 6.95. The van der Waals surface area contributed by atoms with Gasteiger partial charge in [0.05, 0.1) is 12.5 Å². The summed E-state index contributed by atoms with van der Waals surface area (Å²) >= 11 is 0. The quantitative estimate of drug-likeness (QED) is 0.613. The van der Waals surface area contributed by atoms with Crippen LogP contribution in [0.1, 0.15) is 12.0 Å². The lowest BCUT2D eigenvalue weighted by Gasteiger charge is -2.19. The van der Waals surface area contributed by atoms with Crippen LogP contribution in [0.4, 0.5) is 0 Å². The van der Waals surface area contributed by atoms with E-state index in [1.807, 2.05) is 30.3 Å². The van der Waals surface area contributed by atoms with Crippen LogP contribution in [-0.4, -0.2) is 21.2 Å². The number of rotatable bonds is 4. The maximum absolute atomic E-state index is 12.1. The molecule has 0 spiro atoms. The van der Waals surface area contributed by atoms with E-state index < -0.39 is 8.07 Å². The Kier molecular flexibility index (Phi) is 3.68. The van der Waals surface area contributed by atoms with E-state index >= 15 is 0 Å². The summed E-state index contributed by atoms with van der Waals surface area (Å²) in [5, 5.41) is 0. The number of benzene rings is 1. The fraction of sp³-hybridized carbons (Fsp3) is 0.438. The lowest BCUT2D eigenvalue weighted by molar-refractivity contribution is -0.145. The molecule has 1 aromatic carbocycles. The van der Waals surface area contributed by atoms with E-state index in [9.17, 15) is 4.79 Å². The topological polar surface area (TPSA) is 26.3 Å². The number of methoxy groups -OCH3 is 1. The number of hydrogen-bond donors (Lipinski definition) is 0. The first-order chi connectivity index (χ1) is 8.90. The van der Waals surface area contributed by atoms with Crippen LogP contribution >= 0.6 is 0 Å². The third kappa shape index (κ3) is 2.81. The minimum atomic E-state index is -1.33. The van der Waals surface area contributed by atoms with Crippen LogP contribution in [0.2, 0.25) is 25.2 Å². The first kappa shape index (κ1) is 14.1. The molecule has 0 aliphatic heterocycles. The summed E-state index contributed by atoms with van der Waals surface area (Å²) in [6.07, 6.45) is 5.06. The van der Waals surface area contributed by atoms with Gasteiger partial charge in [0.1, 0.15) is 0 Å². The molecule has 1 aliphatic carbocycles. The number of carbonyl (C=O) groups is 1. The van der Waals surface area contributed by atoms with Crippen LogP contribution in [0.25, 0.3) is 6.08 Å². The van der Waals surface area contributed by atoms with Gasteiger partial charge >= 0.3 is 5.97 Å². The fourth-order valence-electron chi connectivity index (χ4n) is 2.83. The first-order valence-electron chi connectivity index (χ1n) is 6.73. The number of carbonyl (C=O) groups excluding carboxylic acids is 1. The molecule has 2 rings (SSSR count). The van der Waals surface area contributed by atoms with Crippen molar-refractivity contribution in [3.63, 3.8) is 0 Å². The zero-order valence-electron chi connectivity index (χ0n) is 12.1. The van der Waals surface area contributed by atoms with Gasteiger partial charge in [0.15, 0.2) is 0 Å². The minimum Gasteiger partial charge on any atom is -0.468 e. The molecule has 0 bridgehead atoms. The van der Waals surface area contributed by atoms with Crippen LogP contribution < -0.4 is 0 Å². The number of hydrogen-bond acceptors (Lipinski definition) is 2. The molecule has 0 unspecified atom stereocenters. The van der Waals surface area contributed by atoms with Crippen molar-refractivity contribution in [2.45, 2.75) is 31.6 Å². The van der Waals surface area contributed by atoms with Crippen LogP contribution in [0.5, 0.6) is 0 Å². The molecule has 0 amide bonds. The third-order valence-electron chi connectivity index (χ3n) is 3.99. The molecule has 0 aromatic heterocycles. The molecule has 1 fully saturated rings. The van der Waals surface area contributed by atoms with E-state index in [1.165, 1.54) is 7.11 Å². The average Bonchev–Trinajstić information content (AvgIpc) is 3.13. The minimum absolute atomic E-state index is 0.0768. The van der Waals surface area contributed by atoms with E-state index in [4.69, 9.17) is 4.74 Å². The molecule has 0 N–H and O–H groups in total. The first-order valence-corrected chi connectivity index (χ1v) is 10.3. The Bertz CT molecular complexity index is 487. The van der Waals surface area contributed by atoms with Gasteiger partial charge in [0.25, 0.3) is 0 Å². The Morgan fingerprint density at radius 3 is 2.42 bits per heavy atom. The van der Waals surface area contributed by atoms with E-state index in [0.717, 1.165) is 12.0 Å². The molecule has 3 heteroatoms. The molecule has 102 valence electrons. The Hall–Kier alpha value is -1.35. The molecule has 19 heavy (non-hydrogen) atoms. The SMILES string of the molecule is COC(=O)[C@]1(/C=C/c2ccccc2)C[C@@H]1[Si](C)(C)C. The molecule has 1 saturated carbocycles. The predicted octanol–water partition coefficient (Wildman–Crippen LogP) is 3.97. The fourth-order valence-corrected chi connectivity index (χ4v) is 5.54. The highest BCUT2D eigenvalue weighted by molar-refractivity contribution is 6.79. The van der Waals surface area contributed by atoms with Gasteiger partial charge in [-0.15, -0.1) is 0 Å². The maximum Gasteiger partial charge on any atom is 0.315 e. The summed E-state index contributed by atoms with van der Waals surface area (Å²) in [6, 6.07) is 10.1. The standard InChI is InChI=1S/C16H22O2Si/c1-18-15(17)16(12-14(16)19(2,3)4)11-10-13-8-6-5-7-9-13/h5-11,14H,12H2,1-4H3/b11-10+/t14-,16+/m0/s1. The number of esters is 1. The van der Waals surface area contributed by atoms with Crippen molar-refractivity contribution in [2.24, 2.45) is 5.41 Å². The summed E-state index contributed by atoms with van der Waals surface area (Å²) in [5.41, 5.74) is 1.26. The van der Waals surface area contributed by atoms with Gasteiger partial charge in [-0.05, 0) is 17.5 Å². The predicted molar refractivity (Wildman–Crippen MR) is 81.6 cm³/mol. The second kappa shape index (κ2) is 4.97. The molecular formula is C16H22O2Si. The Labute approximate surface area is 116 Å². The van der Waals surface area contributed by atoms with Crippen molar-refractivity contribution in [1.82, 2.24) is 0 Å². The summed E-state index contributed by atoms with van der Waals surface area (Å²) in [5.74, 6) is -0.0768. The van der Waals surface area contributed by atoms with Crippen molar-refractivity contribution >= 4 is 20.1 Å². The second-order valence-electron chi connectivity index (χ2n) is 6.40. The van der Waals surface area contributed by atoms with E-state index in [-0.39, 0.29) is 11.4 Å². The Morgan fingerprint density at radius 1 is 1.32 bits per heavy atom. The molecule has 2 nitrogen and oxygen atoms in total. The smallest absolute Gasteiger partial charge is 0.315 e. The number of ether oxygens (including phenoxy) is 1. The lowest BCUT2D eigenvalue weighted by atomic mass is 10.1. The molecule has 1 aromatic rings. The van der Waals surface area contributed by atoms with Crippen LogP contribution in [-0.2, 0) is 9.53 Å². The van der Waals surface area contributed by atoms with Crippen molar-refractivity contribution in [3.8, 4) is 0 Å². The second-order valence-corrected chi connectivity index (χ2v) is 11.8. The highest BCUT2D eigenvalue weighted by atomic mass is 28.3. The zero-order chi connectivity index (χ0) is 14.1. The highest BCUT2D eigenvalue weighted by Gasteiger charge is 2.63. The summed E-state index contributed by atoms with van der Waals surface area (Å²) < 4.78 is 5.02. The van der Waals surface area contributed by atoms with Gasteiger partial charge in [-0.1, -0.05) is 62.1 Å². The largest absolute Gasteiger partial charge is 0.468 e. The Morgan fingerprint density at radius 2 is 1.95 bits per heavy atom. The lowest BCUT2D eigenvalue weighted by Crippen LogP contribution is -2.27. The molecule has 1 aliphatic rings. The van der Waals surface area contributed by atoms with Crippen molar-refractivity contribution < 1.29 is 9.53 Å². The van der Waals surface area contributed by atoms with E-state index in [2.05, 4.69) is 31.8 Å². The molecule has 0 heterocycles. The van der Waals surface area contributed by atoms with Gasteiger partial charge in [-0.25, -0.2) is 0 Å². The van der Waals surface area contributed by atoms with Gasteiger partial charge in [-0.3, -0.25) is 4.79 Å². The van der Waals surface area contributed by atoms with Crippen LogP contribution in [0.3, 0.4) is 0 Å². The Balaban J connectivity index is 2.23. The van der Waals surface area contributed by atoms with Gasteiger partial charge < -0.3 is 4.74 Å². The normalized spacial score (nSPS) is 26.4. The van der Waals surface area contributed by atoms with Gasteiger partial charge in [0, 0.05) is 8.07 Å². The van der Waals surface area contributed by atoms with E-state index in [0.29, 0.717) is 5.54 Å².